The molecule has 2 unspecified atom stereocenters. The highest BCUT2D eigenvalue weighted by atomic mass is 16.3. The van der Waals surface area contributed by atoms with Crippen molar-refractivity contribution in [3.05, 3.63) is 0 Å². The first-order valence-electron chi connectivity index (χ1n) is 6.27. The van der Waals surface area contributed by atoms with E-state index in [4.69, 9.17) is 10.8 Å². The van der Waals surface area contributed by atoms with E-state index >= 15 is 0 Å². The van der Waals surface area contributed by atoms with Crippen molar-refractivity contribution in [3.8, 4) is 0 Å². The van der Waals surface area contributed by atoms with Crippen LogP contribution >= 0.6 is 0 Å². The van der Waals surface area contributed by atoms with Crippen LogP contribution in [0.25, 0.3) is 0 Å². The normalized spacial score (nSPS) is 26.8. The minimum atomic E-state index is 0.295. The summed E-state index contributed by atoms with van der Waals surface area (Å²) in [6.07, 6.45) is 4.76. The van der Waals surface area contributed by atoms with Crippen molar-refractivity contribution in [2.24, 2.45) is 11.7 Å². The Morgan fingerprint density at radius 3 is 2.67 bits per heavy atom. The Balaban J connectivity index is 2.53. The van der Waals surface area contributed by atoms with Crippen molar-refractivity contribution < 1.29 is 5.11 Å². The molecule has 1 aliphatic carbocycles. The number of hydrogen-bond acceptors (Lipinski definition) is 3. The molecule has 0 amide bonds. The van der Waals surface area contributed by atoms with Crippen molar-refractivity contribution in [3.63, 3.8) is 0 Å². The van der Waals surface area contributed by atoms with Crippen LogP contribution in [-0.2, 0) is 0 Å². The van der Waals surface area contributed by atoms with Crippen LogP contribution in [0, 0.1) is 5.92 Å². The Morgan fingerprint density at radius 1 is 1.40 bits per heavy atom. The maximum atomic E-state index is 8.91. The first-order valence-corrected chi connectivity index (χ1v) is 6.27. The average Bonchev–Trinajstić information content (AvgIpc) is 2.66. The summed E-state index contributed by atoms with van der Waals surface area (Å²) in [6.45, 7) is 6.60. The molecule has 2 atom stereocenters. The van der Waals surface area contributed by atoms with Crippen molar-refractivity contribution in [2.75, 3.05) is 19.7 Å². The van der Waals surface area contributed by atoms with Gasteiger partial charge in [-0.2, -0.15) is 0 Å². The highest BCUT2D eigenvalue weighted by molar-refractivity contribution is 4.87. The molecule has 0 aromatic heterocycles. The first kappa shape index (κ1) is 12.9. The lowest BCUT2D eigenvalue weighted by Gasteiger charge is -2.35. The molecule has 0 bridgehead atoms. The number of nitrogens with zero attached hydrogens (tertiary/aromatic N) is 1. The van der Waals surface area contributed by atoms with E-state index in [2.05, 4.69) is 18.7 Å². The molecule has 3 heteroatoms. The van der Waals surface area contributed by atoms with Gasteiger partial charge in [-0.15, -0.1) is 0 Å². The zero-order chi connectivity index (χ0) is 11.3. The van der Waals surface area contributed by atoms with Crippen LogP contribution < -0.4 is 5.73 Å². The summed E-state index contributed by atoms with van der Waals surface area (Å²) in [5.41, 5.74) is 5.81. The van der Waals surface area contributed by atoms with Gasteiger partial charge in [0.2, 0.25) is 0 Å². The van der Waals surface area contributed by atoms with Crippen LogP contribution in [0.4, 0.5) is 0 Å². The lowest BCUT2D eigenvalue weighted by Crippen LogP contribution is -2.45. The topological polar surface area (TPSA) is 49.5 Å². The van der Waals surface area contributed by atoms with Crippen LogP contribution in [0.5, 0.6) is 0 Å². The van der Waals surface area contributed by atoms with Gasteiger partial charge in [-0.3, -0.25) is 4.90 Å². The maximum absolute atomic E-state index is 8.91. The van der Waals surface area contributed by atoms with Gasteiger partial charge in [-0.05, 0) is 45.6 Å². The minimum absolute atomic E-state index is 0.295. The van der Waals surface area contributed by atoms with Gasteiger partial charge < -0.3 is 10.8 Å². The molecule has 1 rings (SSSR count). The summed E-state index contributed by atoms with van der Waals surface area (Å²) in [6, 6.07) is 1.22. The molecule has 15 heavy (non-hydrogen) atoms. The fourth-order valence-corrected chi connectivity index (χ4v) is 2.79. The van der Waals surface area contributed by atoms with Gasteiger partial charge in [-0.1, -0.05) is 6.42 Å². The van der Waals surface area contributed by atoms with Crippen LogP contribution in [0.15, 0.2) is 0 Å². The molecule has 3 nitrogen and oxygen atoms in total. The van der Waals surface area contributed by atoms with Gasteiger partial charge in [0, 0.05) is 25.2 Å². The molecular weight excluding hydrogens is 188 g/mol. The molecule has 1 fully saturated rings. The van der Waals surface area contributed by atoms with E-state index in [1.807, 2.05) is 0 Å². The molecule has 0 spiro atoms. The predicted octanol–water partition coefficient (Wildman–Crippen LogP) is 1.21. The summed E-state index contributed by atoms with van der Waals surface area (Å²) < 4.78 is 0. The number of aliphatic hydroxyl groups is 1. The lowest BCUT2D eigenvalue weighted by molar-refractivity contribution is 0.113. The van der Waals surface area contributed by atoms with E-state index in [-0.39, 0.29) is 0 Å². The van der Waals surface area contributed by atoms with E-state index < -0.39 is 0 Å². The predicted molar refractivity (Wildman–Crippen MR) is 63.7 cm³/mol. The van der Waals surface area contributed by atoms with E-state index in [0.717, 1.165) is 19.5 Å². The van der Waals surface area contributed by atoms with Crippen molar-refractivity contribution in [1.29, 1.82) is 0 Å². The highest BCUT2D eigenvalue weighted by Crippen LogP contribution is 2.30. The fourth-order valence-electron chi connectivity index (χ4n) is 2.79. The van der Waals surface area contributed by atoms with E-state index in [9.17, 15) is 0 Å². The van der Waals surface area contributed by atoms with E-state index in [1.165, 1.54) is 19.3 Å². The first-order chi connectivity index (χ1) is 7.20. The lowest BCUT2D eigenvalue weighted by atomic mass is 10.0. The standard InChI is InChI=1S/C12H26N2O/c1-10(2)14(7-4-8-15)12-6-3-5-11(12)9-13/h10-12,15H,3-9,13H2,1-2H3. The summed E-state index contributed by atoms with van der Waals surface area (Å²) in [5.74, 6) is 0.672. The third kappa shape index (κ3) is 3.44. The highest BCUT2D eigenvalue weighted by Gasteiger charge is 2.31. The molecule has 1 saturated carbocycles. The van der Waals surface area contributed by atoms with Gasteiger partial charge in [-0.25, -0.2) is 0 Å². The Kier molecular flexibility index (Phi) is 5.58. The summed E-state index contributed by atoms with van der Waals surface area (Å²) >= 11 is 0. The third-order valence-electron chi connectivity index (χ3n) is 3.59. The molecule has 0 heterocycles. The molecule has 1 aliphatic rings. The van der Waals surface area contributed by atoms with E-state index in [0.29, 0.717) is 24.6 Å². The number of nitrogens with two attached hydrogens (primary N) is 1. The van der Waals surface area contributed by atoms with Gasteiger partial charge in [0.15, 0.2) is 0 Å². The van der Waals surface area contributed by atoms with Crippen molar-refractivity contribution in [2.45, 2.75) is 51.6 Å². The van der Waals surface area contributed by atoms with Gasteiger partial charge in [0.25, 0.3) is 0 Å². The number of hydrogen-bond donors (Lipinski definition) is 2. The Labute approximate surface area is 93.6 Å². The summed E-state index contributed by atoms with van der Waals surface area (Å²) in [4.78, 5) is 2.53. The number of rotatable bonds is 6. The minimum Gasteiger partial charge on any atom is -0.396 e. The zero-order valence-electron chi connectivity index (χ0n) is 10.2. The SMILES string of the molecule is CC(C)N(CCCO)C1CCCC1CN. The smallest absolute Gasteiger partial charge is 0.0443 e. The average molecular weight is 214 g/mol. The third-order valence-corrected chi connectivity index (χ3v) is 3.59. The molecule has 0 saturated heterocycles. The molecular formula is C12H26N2O. The second-order valence-corrected chi connectivity index (χ2v) is 4.90. The monoisotopic (exact) mass is 214 g/mol. The van der Waals surface area contributed by atoms with Crippen LogP contribution in [0.3, 0.4) is 0 Å². The van der Waals surface area contributed by atoms with Crippen LogP contribution in [-0.4, -0.2) is 41.8 Å². The fraction of sp³-hybridized carbons (Fsp3) is 1.00. The molecule has 3 N–H and O–H groups in total. The maximum Gasteiger partial charge on any atom is 0.0443 e. The molecule has 0 radical (unpaired) electrons. The van der Waals surface area contributed by atoms with Gasteiger partial charge in [0.1, 0.15) is 0 Å². The summed E-state index contributed by atoms with van der Waals surface area (Å²) in [7, 11) is 0. The van der Waals surface area contributed by atoms with Crippen molar-refractivity contribution in [1.82, 2.24) is 4.90 Å². The summed E-state index contributed by atoms with van der Waals surface area (Å²) in [5, 5.41) is 8.91. The Morgan fingerprint density at radius 2 is 2.13 bits per heavy atom. The largest absolute Gasteiger partial charge is 0.396 e. The Bertz CT molecular complexity index is 173. The van der Waals surface area contributed by atoms with Crippen LogP contribution in [0.2, 0.25) is 0 Å². The molecule has 90 valence electrons. The number of aliphatic hydroxyl groups excluding tert-OH is 1. The second kappa shape index (κ2) is 6.46. The second-order valence-electron chi connectivity index (χ2n) is 4.90. The zero-order valence-corrected chi connectivity index (χ0v) is 10.2. The van der Waals surface area contributed by atoms with Crippen LogP contribution in [0.1, 0.15) is 39.5 Å². The van der Waals surface area contributed by atoms with Crippen molar-refractivity contribution >= 4 is 0 Å². The van der Waals surface area contributed by atoms with E-state index in [1.54, 1.807) is 0 Å². The molecule has 0 aromatic carbocycles. The molecule has 0 aliphatic heterocycles. The Hall–Kier alpha value is -0.120. The quantitative estimate of drug-likeness (QED) is 0.698. The van der Waals surface area contributed by atoms with Gasteiger partial charge in [0.05, 0.1) is 0 Å². The van der Waals surface area contributed by atoms with Gasteiger partial charge >= 0.3 is 0 Å². The molecule has 0 aromatic rings.